The summed E-state index contributed by atoms with van der Waals surface area (Å²) >= 11 is 0. The van der Waals surface area contributed by atoms with Crippen LogP contribution in [0.15, 0.2) is 12.7 Å². The Morgan fingerprint density at radius 2 is 1.95 bits per heavy atom. The molecule has 1 aliphatic carbocycles. The van der Waals surface area contributed by atoms with Crippen molar-refractivity contribution in [3.05, 3.63) is 12.7 Å². The summed E-state index contributed by atoms with van der Waals surface area (Å²) in [5.74, 6) is -0.559. The topological polar surface area (TPSA) is 72.2 Å². The predicted molar refractivity (Wildman–Crippen MR) is 85.5 cm³/mol. The van der Waals surface area contributed by atoms with Gasteiger partial charge in [0.2, 0.25) is 11.8 Å². The van der Waals surface area contributed by atoms with Crippen molar-refractivity contribution < 1.29 is 9.59 Å². The molecule has 2 amide bonds. The minimum Gasteiger partial charge on any atom is -0.369 e. The van der Waals surface area contributed by atoms with Crippen LogP contribution in [0.3, 0.4) is 0 Å². The van der Waals surface area contributed by atoms with Gasteiger partial charge in [-0.1, -0.05) is 25.3 Å². The Morgan fingerprint density at radius 1 is 1.33 bits per heavy atom. The van der Waals surface area contributed by atoms with Gasteiger partial charge in [0.1, 0.15) is 0 Å². The van der Waals surface area contributed by atoms with Crippen molar-refractivity contribution in [2.24, 2.45) is 23.5 Å². The molecule has 0 heterocycles. The molecular weight excluding hydrogens is 264 g/mol. The van der Waals surface area contributed by atoms with Crippen molar-refractivity contribution in [1.82, 2.24) is 5.32 Å². The van der Waals surface area contributed by atoms with Crippen LogP contribution in [-0.4, -0.2) is 17.4 Å². The molecule has 0 bridgehead atoms. The van der Waals surface area contributed by atoms with Gasteiger partial charge in [-0.25, -0.2) is 0 Å². The van der Waals surface area contributed by atoms with Crippen molar-refractivity contribution in [3.8, 4) is 0 Å². The van der Waals surface area contributed by atoms with Gasteiger partial charge in [-0.05, 0) is 46.0 Å². The molecule has 1 unspecified atom stereocenters. The van der Waals surface area contributed by atoms with Crippen LogP contribution in [0.1, 0.15) is 59.3 Å². The molecule has 1 fully saturated rings. The molecule has 1 saturated carbocycles. The zero-order valence-electron chi connectivity index (χ0n) is 13.7. The minimum atomic E-state index is -0.397. The molecule has 21 heavy (non-hydrogen) atoms. The lowest BCUT2D eigenvalue weighted by atomic mass is 9.73. The van der Waals surface area contributed by atoms with E-state index in [1.807, 2.05) is 20.8 Å². The number of hydrogen-bond acceptors (Lipinski definition) is 2. The number of rotatable bonds is 8. The second-order valence-corrected chi connectivity index (χ2v) is 7.25. The highest BCUT2D eigenvalue weighted by Crippen LogP contribution is 2.36. The quantitative estimate of drug-likeness (QED) is 0.676. The number of nitrogens with one attached hydrogen (secondary N) is 1. The zero-order valence-corrected chi connectivity index (χ0v) is 13.7. The fourth-order valence-corrected chi connectivity index (χ4v) is 2.84. The Bertz CT molecular complexity index is 381. The molecule has 0 spiro atoms. The standard InChI is InChI=1S/C17H30N2O2/c1-5-6-10-13(15(18)20)14(11-12-8-7-9-12)16(21)19-17(2,3)4/h5,12-14H,1,6-11H2,2-4H3,(H2,18,20)(H,19,21)/t13?,14-/m1/s1. The summed E-state index contributed by atoms with van der Waals surface area (Å²) in [6, 6.07) is 0. The minimum absolute atomic E-state index is 0.0396. The van der Waals surface area contributed by atoms with Crippen LogP contribution in [0.2, 0.25) is 0 Å². The first-order valence-corrected chi connectivity index (χ1v) is 7.97. The third kappa shape index (κ3) is 5.90. The highest BCUT2D eigenvalue weighted by Gasteiger charge is 2.36. The second kappa shape index (κ2) is 7.62. The molecule has 0 aromatic rings. The summed E-state index contributed by atoms with van der Waals surface area (Å²) in [6.45, 7) is 9.55. The Morgan fingerprint density at radius 3 is 2.33 bits per heavy atom. The van der Waals surface area contributed by atoms with Crippen LogP contribution in [0.4, 0.5) is 0 Å². The predicted octanol–water partition coefficient (Wildman–Crippen LogP) is 2.78. The van der Waals surface area contributed by atoms with Crippen molar-refractivity contribution in [1.29, 1.82) is 0 Å². The van der Waals surface area contributed by atoms with Crippen molar-refractivity contribution >= 4 is 11.8 Å². The van der Waals surface area contributed by atoms with Gasteiger partial charge in [-0.3, -0.25) is 9.59 Å². The Kier molecular flexibility index (Phi) is 6.43. The van der Waals surface area contributed by atoms with E-state index >= 15 is 0 Å². The van der Waals surface area contributed by atoms with E-state index in [4.69, 9.17) is 5.73 Å². The van der Waals surface area contributed by atoms with Crippen LogP contribution in [-0.2, 0) is 9.59 Å². The van der Waals surface area contributed by atoms with Gasteiger partial charge in [-0.2, -0.15) is 0 Å². The Hall–Kier alpha value is -1.32. The Balaban J connectivity index is 2.83. The van der Waals surface area contributed by atoms with Crippen LogP contribution >= 0.6 is 0 Å². The molecule has 120 valence electrons. The average Bonchev–Trinajstić information content (AvgIpc) is 2.28. The number of primary amides is 1. The molecule has 0 radical (unpaired) electrons. The van der Waals surface area contributed by atoms with Gasteiger partial charge in [0, 0.05) is 17.4 Å². The molecule has 0 aromatic heterocycles. The first-order valence-electron chi connectivity index (χ1n) is 7.97. The van der Waals surface area contributed by atoms with E-state index in [-0.39, 0.29) is 23.3 Å². The van der Waals surface area contributed by atoms with E-state index in [9.17, 15) is 9.59 Å². The lowest BCUT2D eigenvalue weighted by molar-refractivity contribution is -0.135. The van der Waals surface area contributed by atoms with Gasteiger partial charge in [0.05, 0.1) is 0 Å². The van der Waals surface area contributed by atoms with E-state index in [0.717, 1.165) is 19.3 Å². The molecule has 1 aliphatic rings. The van der Waals surface area contributed by atoms with Gasteiger partial charge in [-0.15, -0.1) is 6.58 Å². The number of nitrogens with two attached hydrogens (primary N) is 1. The van der Waals surface area contributed by atoms with E-state index in [0.29, 0.717) is 18.8 Å². The number of hydrogen-bond donors (Lipinski definition) is 2. The number of carbonyl (C=O) groups is 2. The first kappa shape index (κ1) is 17.7. The molecule has 0 saturated heterocycles. The third-order valence-corrected chi connectivity index (χ3v) is 4.18. The van der Waals surface area contributed by atoms with Gasteiger partial charge in [0.15, 0.2) is 0 Å². The van der Waals surface area contributed by atoms with Gasteiger partial charge >= 0.3 is 0 Å². The normalized spacial score (nSPS) is 18.4. The molecule has 3 N–H and O–H groups in total. The van der Waals surface area contributed by atoms with Crippen molar-refractivity contribution in [2.45, 2.75) is 64.8 Å². The molecular formula is C17H30N2O2. The summed E-state index contributed by atoms with van der Waals surface area (Å²) in [5.41, 5.74) is 5.27. The summed E-state index contributed by atoms with van der Waals surface area (Å²) in [6.07, 6.45) is 7.40. The summed E-state index contributed by atoms with van der Waals surface area (Å²) < 4.78 is 0. The summed E-state index contributed by atoms with van der Waals surface area (Å²) in [5, 5.41) is 3.01. The van der Waals surface area contributed by atoms with Crippen LogP contribution in [0.5, 0.6) is 0 Å². The highest BCUT2D eigenvalue weighted by molar-refractivity contribution is 5.87. The van der Waals surface area contributed by atoms with Crippen molar-refractivity contribution in [2.75, 3.05) is 0 Å². The molecule has 4 nitrogen and oxygen atoms in total. The van der Waals surface area contributed by atoms with Gasteiger partial charge in [0.25, 0.3) is 0 Å². The number of carbonyl (C=O) groups excluding carboxylic acids is 2. The van der Waals surface area contributed by atoms with Gasteiger partial charge < -0.3 is 11.1 Å². The number of allylic oxidation sites excluding steroid dienone is 1. The smallest absolute Gasteiger partial charge is 0.224 e. The number of amides is 2. The maximum atomic E-state index is 12.6. The molecule has 2 atom stereocenters. The fraction of sp³-hybridized carbons (Fsp3) is 0.765. The largest absolute Gasteiger partial charge is 0.369 e. The molecule has 0 aromatic carbocycles. The van der Waals surface area contributed by atoms with E-state index in [1.54, 1.807) is 6.08 Å². The van der Waals surface area contributed by atoms with E-state index in [2.05, 4.69) is 11.9 Å². The maximum Gasteiger partial charge on any atom is 0.224 e. The first-order chi connectivity index (χ1) is 9.74. The fourth-order valence-electron chi connectivity index (χ4n) is 2.84. The summed E-state index contributed by atoms with van der Waals surface area (Å²) in [4.78, 5) is 24.4. The molecule has 1 rings (SSSR count). The SMILES string of the molecule is C=CCCC(C(N)=O)[C@@H](CC1CCC1)C(=O)NC(C)(C)C. The van der Waals surface area contributed by atoms with E-state index in [1.165, 1.54) is 6.42 Å². The highest BCUT2D eigenvalue weighted by atomic mass is 16.2. The second-order valence-electron chi connectivity index (χ2n) is 7.25. The summed E-state index contributed by atoms with van der Waals surface area (Å²) in [7, 11) is 0. The third-order valence-electron chi connectivity index (χ3n) is 4.18. The lowest BCUT2D eigenvalue weighted by Gasteiger charge is -2.34. The molecule has 4 heteroatoms. The maximum absolute atomic E-state index is 12.6. The van der Waals surface area contributed by atoms with Crippen LogP contribution < -0.4 is 11.1 Å². The Labute approximate surface area is 128 Å². The monoisotopic (exact) mass is 294 g/mol. The van der Waals surface area contributed by atoms with Crippen molar-refractivity contribution in [3.63, 3.8) is 0 Å². The zero-order chi connectivity index (χ0) is 16.0. The molecule has 0 aliphatic heterocycles. The van der Waals surface area contributed by atoms with Crippen LogP contribution in [0.25, 0.3) is 0 Å². The van der Waals surface area contributed by atoms with E-state index < -0.39 is 5.92 Å². The average molecular weight is 294 g/mol. The lowest BCUT2D eigenvalue weighted by Crippen LogP contribution is -2.48. The van der Waals surface area contributed by atoms with Crippen LogP contribution in [0, 0.1) is 17.8 Å².